The second-order valence-corrected chi connectivity index (χ2v) is 9.87. The molecule has 3 aromatic carbocycles. The van der Waals surface area contributed by atoms with Crippen molar-refractivity contribution < 1.29 is 24.2 Å². The molecule has 0 saturated carbocycles. The van der Waals surface area contributed by atoms with Gasteiger partial charge < -0.3 is 14.6 Å². The van der Waals surface area contributed by atoms with Gasteiger partial charge in [-0.05, 0) is 54.8 Å². The fourth-order valence-corrected chi connectivity index (χ4v) is 5.96. The van der Waals surface area contributed by atoms with E-state index in [1.54, 1.807) is 18.2 Å². The van der Waals surface area contributed by atoms with Crippen molar-refractivity contribution in [2.75, 3.05) is 18.1 Å². The van der Waals surface area contributed by atoms with Crippen molar-refractivity contribution in [2.24, 2.45) is 0 Å². The first kappa shape index (κ1) is 22.3. The van der Waals surface area contributed by atoms with E-state index in [1.807, 2.05) is 56.3 Å². The van der Waals surface area contributed by atoms with Gasteiger partial charge in [-0.2, -0.15) is 0 Å². The number of aliphatic hydroxyl groups is 1. The number of hydrogen-bond donors (Lipinski definition) is 1. The van der Waals surface area contributed by atoms with Gasteiger partial charge in [-0.1, -0.05) is 47.7 Å². The maximum Gasteiger partial charge on any atom is 0.301 e. The molecule has 1 saturated heterocycles. The van der Waals surface area contributed by atoms with Crippen LogP contribution in [0.1, 0.15) is 28.3 Å². The van der Waals surface area contributed by atoms with E-state index < -0.39 is 17.7 Å². The lowest BCUT2D eigenvalue weighted by atomic mass is 9.95. The number of Topliss-reactive ketones (excluding diaryl/α,β-unsaturated/α-hetero) is 1. The summed E-state index contributed by atoms with van der Waals surface area (Å²) in [7, 11) is 0. The van der Waals surface area contributed by atoms with Crippen molar-refractivity contribution in [1.82, 2.24) is 4.98 Å². The van der Waals surface area contributed by atoms with Crippen LogP contribution in [0.2, 0.25) is 0 Å². The minimum absolute atomic E-state index is 0.00929. The number of aliphatic hydroxyl groups excluding tert-OH is 1. The normalized spacial score (nSPS) is 18.7. The van der Waals surface area contributed by atoms with Crippen LogP contribution in [-0.2, 0) is 9.59 Å². The quantitative estimate of drug-likeness (QED) is 0.234. The SMILES string of the molecule is Cc1cc(C)c2nc(N3C(=O)C(=O)/C(=C(/O)c4ccc5c(c4)OCCO5)C3c3ccccc3)sc2c1. The van der Waals surface area contributed by atoms with Gasteiger partial charge in [0.2, 0.25) is 0 Å². The van der Waals surface area contributed by atoms with E-state index in [-0.39, 0.29) is 11.3 Å². The van der Waals surface area contributed by atoms with Gasteiger partial charge in [-0.3, -0.25) is 14.5 Å². The van der Waals surface area contributed by atoms with Crippen molar-refractivity contribution in [3.05, 3.63) is 88.5 Å². The zero-order chi connectivity index (χ0) is 25.0. The molecule has 0 radical (unpaired) electrons. The Morgan fingerprint density at radius 1 is 1.00 bits per heavy atom. The van der Waals surface area contributed by atoms with E-state index in [4.69, 9.17) is 14.5 Å². The van der Waals surface area contributed by atoms with E-state index in [1.165, 1.54) is 16.2 Å². The van der Waals surface area contributed by atoms with Crippen LogP contribution in [0.25, 0.3) is 16.0 Å². The average Bonchev–Trinajstić information content (AvgIpc) is 3.42. The van der Waals surface area contributed by atoms with Crippen molar-refractivity contribution >= 4 is 44.1 Å². The van der Waals surface area contributed by atoms with E-state index in [2.05, 4.69) is 0 Å². The maximum atomic E-state index is 13.5. The summed E-state index contributed by atoms with van der Waals surface area (Å²) in [6.45, 7) is 4.82. The second kappa shape index (κ2) is 8.49. The van der Waals surface area contributed by atoms with E-state index >= 15 is 0 Å². The number of rotatable bonds is 3. The Labute approximate surface area is 211 Å². The van der Waals surface area contributed by atoms with Crippen LogP contribution < -0.4 is 14.4 Å². The van der Waals surface area contributed by atoms with Gasteiger partial charge in [-0.25, -0.2) is 4.98 Å². The molecule has 4 aromatic rings. The third-order valence-electron chi connectivity index (χ3n) is 6.40. The Balaban J connectivity index is 1.54. The topological polar surface area (TPSA) is 89.0 Å². The summed E-state index contributed by atoms with van der Waals surface area (Å²) in [4.78, 5) is 33.0. The fraction of sp³-hybridized carbons (Fsp3) is 0.179. The van der Waals surface area contributed by atoms with Crippen LogP contribution in [0.4, 0.5) is 5.13 Å². The van der Waals surface area contributed by atoms with Gasteiger partial charge in [-0.15, -0.1) is 0 Å². The third-order valence-corrected chi connectivity index (χ3v) is 7.40. The van der Waals surface area contributed by atoms with Crippen LogP contribution >= 0.6 is 11.3 Å². The minimum atomic E-state index is -0.832. The number of ketones is 1. The summed E-state index contributed by atoms with van der Waals surface area (Å²) in [5.74, 6) is -0.708. The number of nitrogens with zero attached hydrogens (tertiary/aromatic N) is 2. The van der Waals surface area contributed by atoms with Crippen LogP contribution in [-0.4, -0.2) is 35.0 Å². The molecule has 1 N–H and O–H groups in total. The van der Waals surface area contributed by atoms with E-state index in [0.29, 0.717) is 41.0 Å². The molecule has 6 rings (SSSR count). The van der Waals surface area contributed by atoms with Gasteiger partial charge in [0.1, 0.15) is 19.0 Å². The lowest BCUT2D eigenvalue weighted by Crippen LogP contribution is -2.29. The molecule has 2 aliphatic heterocycles. The lowest BCUT2D eigenvalue weighted by molar-refractivity contribution is -0.132. The number of anilines is 1. The van der Waals surface area contributed by atoms with Crippen LogP contribution in [0, 0.1) is 13.8 Å². The molecule has 180 valence electrons. The summed E-state index contributed by atoms with van der Waals surface area (Å²) >= 11 is 1.36. The van der Waals surface area contributed by atoms with Gasteiger partial charge in [0.15, 0.2) is 16.6 Å². The second-order valence-electron chi connectivity index (χ2n) is 8.86. The number of thiazole rings is 1. The molecule has 2 aliphatic rings. The number of carbonyl (C=O) groups excluding carboxylic acids is 2. The average molecular weight is 499 g/mol. The van der Waals surface area contributed by atoms with Crippen molar-refractivity contribution in [3.8, 4) is 11.5 Å². The number of aryl methyl sites for hydroxylation is 2. The number of ether oxygens (including phenoxy) is 2. The minimum Gasteiger partial charge on any atom is -0.507 e. The van der Waals surface area contributed by atoms with Crippen LogP contribution in [0.15, 0.2) is 66.2 Å². The van der Waals surface area contributed by atoms with Gasteiger partial charge in [0, 0.05) is 5.56 Å². The van der Waals surface area contributed by atoms with Gasteiger partial charge >= 0.3 is 5.91 Å². The van der Waals surface area contributed by atoms with Crippen LogP contribution in [0.5, 0.6) is 11.5 Å². The summed E-state index contributed by atoms with van der Waals surface area (Å²) in [6.07, 6.45) is 0. The molecular formula is C28H22N2O5S. The molecule has 3 heterocycles. The van der Waals surface area contributed by atoms with Gasteiger partial charge in [0.25, 0.3) is 5.78 Å². The number of hydrogen-bond acceptors (Lipinski definition) is 7. The molecule has 0 bridgehead atoms. The molecule has 1 fully saturated rings. The molecular weight excluding hydrogens is 476 g/mol. The standard InChI is InChI=1S/C28H22N2O5S/c1-15-12-16(2)23-21(13-15)36-28(29-23)30-24(17-6-4-3-5-7-17)22(26(32)27(30)33)25(31)18-8-9-19-20(14-18)35-11-10-34-19/h3-9,12-14,24,31H,10-11H2,1-2H3/b25-22+. The Hall–Kier alpha value is -4.17. The predicted molar refractivity (Wildman–Crippen MR) is 138 cm³/mol. The fourth-order valence-electron chi connectivity index (χ4n) is 4.79. The molecule has 1 amide bonds. The molecule has 36 heavy (non-hydrogen) atoms. The molecule has 0 aliphatic carbocycles. The molecule has 1 aromatic heterocycles. The first-order chi connectivity index (χ1) is 17.4. The smallest absolute Gasteiger partial charge is 0.301 e. The van der Waals surface area contributed by atoms with Crippen molar-refractivity contribution in [1.29, 1.82) is 0 Å². The maximum absolute atomic E-state index is 13.5. The Morgan fingerprint density at radius 2 is 1.75 bits per heavy atom. The molecule has 1 unspecified atom stereocenters. The highest BCUT2D eigenvalue weighted by molar-refractivity contribution is 7.22. The number of carbonyl (C=O) groups is 2. The molecule has 0 spiro atoms. The van der Waals surface area contributed by atoms with Gasteiger partial charge in [0.05, 0.1) is 21.8 Å². The van der Waals surface area contributed by atoms with E-state index in [0.717, 1.165) is 21.3 Å². The number of aromatic nitrogens is 1. The van der Waals surface area contributed by atoms with Crippen molar-refractivity contribution in [2.45, 2.75) is 19.9 Å². The highest BCUT2D eigenvalue weighted by Gasteiger charge is 2.48. The third kappa shape index (κ3) is 3.53. The Bertz CT molecular complexity index is 1570. The number of amides is 1. The lowest BCUT2D eigenvalue weighted by Gasteiger charge is -2.23. The number of fused-ring (bicyclic) bond motifs is 2. The highest BCUT2D eigenvalue weighted by Crippen LogP contribution is 2.45. The monoisotopic (exact) mass is 498 g/mol. The van der Waals surface area contributed by atoms with Crippen LogP contribution in [0.3, 0.4) is 0 Å². The first-order valence-electron chi connectivity index (χ1n) is 11.6. The largest absolute Gasteiger partial charge is 0.507 e. The zero-order valence-corrected chi connectivity index (χ0v) is 20.5. The predicted octanol–water partition coefficient (Wildman–Crippen LogP) is 5.31. The summed E-state index contributed by atoms with van der Waals surface area (Å²) in [5.41, 5.74) is 3.96. The molecule has 1 atom stereocenters. The summed E-state index contributed by atoms with van der Waals surface area (Å²) < 4.78 is 12.2. The van der Waals surface area contributed by atoms with Crippen molar-refractivity contribution in [3.63, 3.8) is 0 Å². The first-order valence-corrected chi connectivity index (χ1v) is 12.4. The molecule has 7 nitrogen and oxygen atoms in total. The zero-order valence-electron chi connectivity index (χ0n) is 19.6. The summed E-state index contributed by atoms with van der Waals surface area (Å²) in [5, 5.41) is 11.8. The Morgan fingerprint density at radius 3 is 2.53 bits per heavy atom. The highest BCUT2D eigenvalue weighted by atomic mass is 32.1. The molecule has 8 heteroatoms. The summed E-state index contributed by atoms with van der Waals surface area (Å²) in [6, 6.07) is 17.4. The van der Waals surface area contributed by atoms with E-state index in [9.17, 15) is 14.7 Å². The Kier molecular flexibility index (Phi) is 5.26. The number of benzene rings is 3.